The molecule has 1 N–H and O–H groups in total. The van der Waals surface area contributed by atoms with Crippen molar-refractivity contribution in [2.75, 3.05) is 39.2 Å². The molecule has 0 aliphatic carbocycles. The van der Waals surface area contributed by atoms with Gasteiger partial charge in [0.25, 0.3) is 0 Å². The van der Waals surface area contributed by atoms with Crippen molar-refractivity contribution in [3.05, 3.63) is 46.6 Å². The van der Waals surface area contributed by atoms with Crippen molar-refractivity contribution < 1.29 is 23.7 Å². The number of hydrogen-bond donors (Lipinski definition) is 1. The number of carbonyl (C=O) groups excluding carboxylic acids is 1. The molecule has 3 heterocycles. The van der Waals surface area contributed by atoms with Gasteiger partial charge in [-0.1, -0.05) is 0 Å². The van der Waals surface area contributed by atoms with Crippen LogP contribution >= 0.6 is 15.9 Å². The van der Waals surface area contributed by atoms with Crippen molar-refractivity contribution >= 4 is 33.4 Å². The normalized spacial score (nSPS) is 16.3. The molecule has 0 saturated carbocycles. The van der Waals surface area contributed by atoms with Crippen LogP contribution < -0.4 is 14.8 Å². The van der Waals surface area contributed by atoms with Crippen LogP contribution in [0.4, 0.5) is 10.6 Å². The molecule has 11 heteroatoms. The second-order valence-electron chi connectivity index (χ2n) is 9.07. The molecule has 2 aromatic heterocycles. The Hall–Kier alpha value is -3.05. The average Bonchev–Trinajstić information content (AvgIpc) is 3.18. The van der Waals surface area contributed by atoms with E-state index < -0.39 is 11.7 Å². The molecule has 1 aliphatic rings. The summed E-state index contributed by atoms with van der Waals surface area (Å²) in [6.07, 6.45) is 2.76. The molecule has 188 valence electrons. The van der Waals surface area contributed by atoms with Gasteiger partial charge in [0.1, 0.15) is 39.1 Å². The molecule has 1 saturated heterocycles. The van der Waals surface area contributed by atoms with Gasteiger partial charge in [0.15, 0.2) is 5.82 Å². The zero-order valence-corrected chi connectivity index (χ0v) is 22.1. The fourth-order valence-electron chi connectivity index (χ4n) is 3.85. The number of rotatable bonds is 6. The summed E-state index contributed by atoms with van der Waals surface area (Å²) in [6.45, 7) is 7.24. The first-order chi connectivity index (χ1) is 16.7. The Morgan fingerprint density at radius 1 is 1.29 bits per heavy atom. The molecule has 1 aromatic carbocycles. The van der Waals surface area contributed by atoms with E-state index in [-0.39, 0.29) is 6.09 Å². The van der Waals surface area contributed by atoms with Crippen LogP contribution in [0, 0.1) is 0 Å². The summed E-state index contributed by atoms with van der Waals surface area (Å²) in [5, 5.41) is 3.38. The summed E-state index contributed by atoms with van der Waals surface area (Å²) in [4.78, 5) is 23.5. The third-order valence-corrected chi connectivity index (χ3v) is 6.04. The SMILES string of the molecule is COc1ccc(CNc2nccn3c([C@H]4CN(C(=O)OC(C)(C)C)CCO4)nc(Br)c23)c(OC)c1. The number of halogens is 1. The van der Waals surface area contributed by atoms with Crippen molar-refractivity contribution in [1.82, 2.24) is 19.3 Å². The topological polar surface area (TPSA) is 99.5 Å². The van der Waals surface area contributed by atoms with Gasteiger partial charge in [-0.15, -0.1) is 0 Å². The number of morpholine rings is 1. The molecule has 1 amide bonds. The van der Waals surface area contributed by atoms with Crippen LogP contribution in [-0.2, 0) is 16.0 Å². The molecule has 10 nitrogen and oxygen atoms in total. The Morgan fingerprint density at radius 2 is 2.09 bits per heavy atom. The van der Waals surface area contributed by atoms with Gasteiger partial charge in [-0.3, -0.25) is 4.40 Å². The predicted molar refractivity (Wildman–Crippen MR) is 134 cm³/mol. The van der Waals surface area contributed by atoms with Gasteiger partial charge in [-0.25, -0.2) is 14.8 Å². The van der Waals surface area contributed by atoms with E-state index in [2.05, 4.69) is 26.2 Å². The van der Waals surface area contributed by atoms with Crippen molar-refractivity contribution in [3.63, 3.8) is 0 Å². The summed E-state index contributed by atoms with van der Waals surface area (Å²) in [5.41, 5.74) is 1.16. The summed E-state index contributed by atoms with van der Waals surface area (Å²) in [6, 6.07) is 5.68. The number of carbonyl (C=O) groups is 1. The highest BCUT2D eigenvalue weighted by molar-refractivity contribution is 9.10. The van der Waals surface area contributed by atoms with Crippen LogP contribution in [-0.4, -0.2) is 64.9 Å². The van der Waals surface area contributed by atoms with Gasteiger partial charge >= 0.3 is 6.09 Å². The summed E-state index contributed by atoms with van der Waals surface area (Å²) in [5.74, 6) is 2.76. The predicted octanol–water partition coefficient (Wildman–Crippen LogP) is 4.43. The molecule has 0 bridgehead atoms. The number of ether oxygens (including phenoxy) is 4. The molecular formula is C24H30BrN5O5. The molecule has 0 radical (unpaired) electrons. The number of fused-ring (bicyclic) bond motifs is 1. The van der Waals surface area contributed by atoms with Crippen molar-refractivity contribution in [2.24, 2.45) is 0 Å². The molecular weight excluding hydrogens is 518 g/mol. The maximum atomic E-state index is 12.6. The molecule has 1 atom stereocenters. The van der Waals surface area contributed by atoms with Gasteiger partial charge < -0.3 is 29.2 Å². The average molecular weight is 548 g/mol. The first-order valence-corrected chi connectivity index (χ1v) is 12.1. The summed E-state index contributed by atoms with van der Waals surface area (Å²) < 4.78 is 24.9. The minimum Gasteiger partial charge on any atom is -0.497 e. The van der Waals surface area contributed by atoms with Gasteiger partial charge in [0, 0.05) is 37.1 Å². The summed E-state index contributed by atoms with van der Waals surface area (Å²) in [7, 11) is 3.25. The highest BCUT2D eigenvalue weighted by Crippen LogP contribution is 2.31. The zero-order valence-electron chi connectivity index (χ0n) is 20.5. The van der Waals surface area contributed by atoms with Crippen LogP contribution in [0.5, 0.6) is 11.5 Å². The van der Waals surface area contributed by atoms with Gasteiger partial charge in [-0.05, 0) is 48.8 Å². The lowest BCUT2D eigenvalue weighted by Gasteiger charge is -2.33. The van der Waals surface area contributed by atoms with Crippen molar-refractivity contribution in [3.8, 4) is 11.5 Å². The van der Waals surface area contributed by atoms with E-state index in [9.17, 15) is 4.79 Å². The molecule has 0 unspecified atom stereocenters. The second-order valence-corrected chi connectivity index (χ2v) is 9.82. The maximum absolute atomic E-state index is 12.6. The lowest BCUT2D eigenvalue weighted by atomic mass is 10.2. The van der Waals surface area contributed by atoms with E-state index in [0.29, 0.717) is 42.5 Å². The second kappa shape index (κ2) is 10.3. The van der Waals surface area contributed by atoms with Crippen LogP contribution in [0.1, 0.15) is 38.3 Å². The van der Waals surface area contributed by atoms with E-state index in [1.807, 2.05) is 49.6 Å². The van der Waals surface area contributed by atoms with Crippen LogP contribution in [0.2, 0.25) is 0 Å². The monoisotopic (exact) mass is 547 g/mol. The number of hydrogen-bond acceptors (Lipinski definition) is 8. The lowest BCUT2D eigenvalue weighted by molar-refractivity contribution is -0.0464. The number of anilines is 1. The molecule has 3 aromatic rings. The Morgan fingerprint density at radius 3 is 2.80 bits per heavy atom. The smallest absolute Gasteiger partial charge is 0.410 e. The van der Waals surface area contributed by atoms with E-state index in [1.54, 1.807) is 25.3 Å². The number of aromatic nitrogens is 3. The lowest BCUT2D eigenvalue weighted by Crippen LogP contribution is -2.45. The largest absolute Gasteiger partial charge is 0.497 e. The minimum atomic E-state index is -0.563. The standard InChI is InChI=1S/C24H30BrN5O5/c1-24(2,3)35-23(31)29-10-11-34-18(14-29)22-28-20(25)19-21(26-8-9-30(19)22)27-13-15-6-7-16(32-4)12-17(15)33-5/h6-9,12,18H,10-11,13-14H2,1-5H3,(H,26,27)/t18-/m1/s1. The van der Waals surface area contributed by atoms with E-state index in [4.69, 9.17) is 23.9 Å². The minimum absolute atomic E-state index is 0.342. The molecule has 35 heavy (non-hydrogen) atoms. The Bertz CT molecular complexity index is 1210. The maximum Gasteiger partial charge on any atom is 0.410 e. The number of methoxy groups -OCH3 is 2. The highest BCUT2D eigenvalue weighted by atomic mass is 79.9. The molecule has 1 fully saturated rings. The molecule has 0 spiro atoms. The quantitative estimate of drug-likeness (QED) is 0.483. The number of nitrogens with zero attached hydrogens (tertiary/aromatic N) is 4. The highest BCUT2D eigenvalue weighted by Gasteiger charge is 2.32. The molecule has 4 rings (SSSR count). The van der Waals surface area contributed by atoms with Crippen LogP contribution in [0.3, 0.4) is 0 Å². The number of amides is 1. The van der Waals surface area contributed by atoms with E-state index in [1.165, 1.54) is 0 Å². The number of imidazole rings is 1. The van der Waals surface area contributed by atoms with Gasteiger partial charge in [-0.2, -0.15) is 0 Å². The van der Waals surface area contributed by atoms with E-state index in [0.717, 1.165) is 22.6 Å². The Balaban J connectivity index is 1.56. The van der Waals surface area contributed by atoms with Crippen LogP contribution in [0.15, 0.2) is 35.2 Å². The molecule has 1 aliphatic heterocycles. The third kappa shape index (κ3) is 5.62. The first-order valence-electron chi connectivity index (χ1n) is 11.3. The van der Waals surface area contributed by atoms with Crippen molar-refractivity contribution in [2.45, 2.75) is 39.0 Å². The Labute approximate surface area is 212 Å². The first kappa shape index (κ1) is 25.1. The fourth-order valence-corrected chi connectivity index (χ4v) is 4.41. The zero-order chi connectivity index (χ0) is 25.2. The van der Waals surface area contributed by atoms with Gasteiger partial charge in [0.2, 0.25) is 0 Å². The summed E-state index contributed by atoms with van der Waals surface area (Å²) >= 11 is 3.58. The fraction of sp³-hybridized carbons (Fsp3) is 0.458. The number of nitrogens with one attached hydrogen (secondary N) is 1. The Kier molecular flexibility index (Phi) is 7.36. The number of benzene rings is 1. The van der Waals surface area contributed by atoms with Gasteiger partial charge in [0.05, 0.1) is 27.4 Å². The van der Waals surface area contributed by atoms with Crippen LogP contribution in [0.25, 0.3) is 5.52 Å². The van der Waals surface area contributed by atoms with Crippen molar-refractivity contribution in [1.29, 1.82) is 0 Å². The third-order valence-electron chi connectivity index (χ3n) is 5.49. The van der Waals surface area contributed by atoms with E-state index >= 15 is 0 Å².